The van der Waals surface area contributed by atoms with Crippen LogP contribution >= 0.6 is 27.5 Å². The summed E-state index contributed by atoms with van der Waals surface area (Å²) in [5.41, 5.74) is 0.339. The molecule has 1 aromatic rings. The molecule has 0 bridgehead atoms. The van der Waals surface area contributed by atoms with E-state index in [0.717, 1.165) is 10.9 Å². The largest absolute Gasteiger partial charge is 0.354 e. The van der Waals surface area contributed by atoms with Crippen molar-refractivity contribution in [2.24, 2.45) is 0 Å². The molecule has 0 unspecified atom stereocenters. The molecular weight excluding hydrogens is 332 g/mol. The highest BCUT2D eigenvalue weighted by Gasteiger charge is 2.17. The second-order valence-electron chi connectivity index (χ2n) is 4.11. The number of amides is 2. The Kier molecular flexibility index (Phi) is 6.31. The van der Waals surface area contributed by atoms with E-state index in [0.29, 0.717) is 17.1 Å². The van der Waals surface area contributed by atoms with E-state index in [-0.39, 0.29) is 11.8 Å². The van der Waals surface area contributed by atoms with Gasteiger partial charge in [0.25, 0.3) is 5.91 Å². The number of carbonyl (C=O) groups excluding carboxylic acids is 2. The third-order valence-electron chi connectivity index (χ3n) is 2.46. The molecule has 2 amide bonds. The van der Waals surface area contributed by atoms with Gasteiger partial charge in [-0.25, -0.2) is 0 Å². The maximum atomic E-state index is 12.0. The van der Waals surface area contributed by atoms with Crippen molar-refractivity contribution in [1.29, 1.82) is 0 Å². The summed E-state index contributed by atoms with van der Waals surface area (Å²) in [7, 11) is 0. The maximum Gasteiger partial charge on any atom is 0.253 e. The van der Waals surface area contributed by atoms with E-state index in [1.165, 1.54) is 0 Å². The van der Waals surface area contributed by atoms with Crippen LogP contribution in [0.3, 0.4) is 0 Å². The van der Waals surface area contributed by atoms with Crippen LogP contribution in [0.5, 0.6) is 0 Å². The first-order chi connectivity index (χ1) is 8.95. The van der Waals surface area contributed by atoms with Crippen molar-refractivity contribution >= 4 is 39.3 Å². The van der Waals surface area contributed by atoms with E-state index >= 15 is 0 Å². The van der Waals surface area contributed by atoms with Crippen LogP contribution in [0.15, 0.2) is 22.7 Å². The SMILES string of the molecule is CCCNC(=O)[C@H](C)NC(=O)c1cc(Br)ccc1Cl. The van der Waals surface area contributed by atoms with E-state index in [4.69, 9.17) is 11.6 Å². The second-order valence-corrected chi connectivity index (χ2v) is 5.43. The van der Waals surface area contributed by atoms with Gasteiger partial charge < -0.3 is 10.6 Å². The minimum absolute atomic E-state index is 0.207. The summed E-state index contributed by atoms with van der Waals surface area (Å²) in [4.78, 5) is 23.7. The standard InChI is InChI=1S/C13H16BrClN2O2/c1-3-6-16-12(18)8(2)17-13(19)10-7-9(14)4-5-11(10)15/h4-5,7-8H,3,6H2,1-2H3,(H,16,18)(H,17,19)/t8-/m0/s1. The molecule has 0 aliphatic carbocycles. The summed E-state index contributed by atoms with van der Waals surface area (Å²) in [6.45, 7) is 4.19. The van der Waals surface area contributed by atoms with E-state index in [2.05, 4.69) is 26.6 Å². The zero-order valence-electron chi connectivity index (χ0n) is 10.8. The molecule has 0 aliphatic heterocycles. The Morgan fingerprint density at radius 1 is 1.42 bits per heavy atom. The zero-order valence-corrected chi connectivity index (χ0v) is 13.1. The minimum atomic E-state index is -0.603. The van der Waals surface area contributed by atoms with Crippen LogP contribution in [0.2, 0.25) is 5.02 Å². The van der Waals surface area contributed by atoms with Crippen LogP contribution < -0.4 is 10.6 Å². The van der Waals surface area contributed by atoms with Crippen molar-refractivity contribution < 1.29 is 9.59 Å². The quantitative estimate of drug-likeness (QED) is 0.860. The van der Waals surface area contributed by atoms with Crippen LogP contribution in [0.25, 0.3) is 0 Å². The highest BCUT2D eigenvalue weighted by molar-refractivity contribution is 9.10. The van der Waals surface area contributed by atoms with Gasteiger partial charge in [-0.15, -0.1) is 0 Å². The van der Waals surface area contributed by atoms with Gasteiger partial charge in [-0.05, 0) is 31.5 Å². The Balaban J connectivity index is 2.68. The van der Waals surface area contributed by atoms with Crippen molar-refractivity contribution in [3.05, 3.63) is 33.3 Å². The van der Waals surface area contributed by atoms with Gasteiger partial charge in [-0.3, -0.25) is 9.59 Å². The topological polar surface area (TPSA) is 58.2 Å². The number of hydrogen-bond acceptors (Lipinski definition) is 2. The second kappa shape index (κ2) is 7.50. The van der Waals surface area contributed by atoms with Gasteiger partial charge >= 0.3 is 0 Å². The predicted octanol–water partition coefficient (Wildman–Crippen LogP) is 2.75. The smallest absolute Gasteiger partial charge is 0.253 e. The fourth-order valence-electron chi connectivity index (χ4n) is 1.41. The molecule has 1 aromatic carbocycles. The number of nitrogens with one attached hydrogen (secondary N) is 2. The lowest BCUT2D eigenvalue weighted by molar-refractivity contribution is -0.122. The molecule has 0 aliphatic rings. The Labute approximate surface area is 126 Å². The van der Waals surface area contributed by atoms with Gasteiger partial charge in [-0.1, -0.05) is 34.5 Å². The monoisotopic (exact) mass is 346 g/mol. The molecule has 0 heterocycles. The number of benzene rings is 1. The first-order valence-corrected chi connectivity index (χ1v) is 7.16. The summed E-state index contributed by atoms with van der Waals surface area (Å²) in [6.07, 6.45) is 0.851. The molecule has 0 spiro atoms. The molecule has 0 aromatic heterocycles. The summed E-state index contributed by atoms with van der Waals surface area (Å²) >= 11 is 9.23. The molecule has 1 rings (SSSR count). The first kappa shape index (κ1) is 16.0. The van der Waals surface area contributed by atoms with Gasteiger partial charge in [-0.2, -0.15) is 0 Å². The lowest BCUT2D eigenvalue weighted by Crippen LogP contribution is -2.45. The molecule has 0 fully saturated rings. The Morgan fingerprint density at radius 2 is 2.11 bits per heavy atom. The Bertz CT molecular complexity index is 480. The molecule has 0 saturated carbocycles. The summed E-state index contributed by atoms with van der Waals surface area (Å²) < 4.78 is 0.755. The van der Waals surface area contributed by atoms with Crippen molar-refractivity contribution in [1.82, 2.24) is 10.6 Å². The summed E-state index contributed by atoms with van der Waals surface area (Å²) in [5, 5.41) is 5.68. The van der Waals surface area contributed by atoms with E-state index in [1.54, 1.807) is 25.1 Å². The van der Waals surface area contributed by atoms with Crippen LogP contribution in [0.4, 0.5) is 0 Å². The summed E-state index contributed by atoms with van der Waals surface area (Å²) in [5.74, 6) is -0.577. The molecule has 4 nitrogen and oxygen atoms in total. The highest BCUT2D eigenvalue weighted by Crippen LogP contribution is 2.20. The van der Waals surface area contributed by atoms with Crippen molar-refractivity contribution in [2.45, 2.75) is 26.3 Å². The van der Waals surface area contributed by atoms with Gasteiger partial charge in [0.05, 0.1) is 10.6 Å². The van der Waals surface area contributed by atoms with Crippen LogP contribution in [-0.4, -0.2) is 24.4 Å². The van der Waals surface area contributed by atoms with Gasteiger partial charge in [0, 0.05) is 11.0 Å². The molecular formula is C13H16BrClN2O2. The maximum absolute atomic E-state index is 12.0. The molecule has 19 heavy (non-hydrogen) atoms. The van der Waals surface area contributed by atoms with E-state index in [1.807, 2.05) is 6.92 Å². The molecule has 1 atom stereocenters. The molecule has 2 N–H and O–H groups in total. The van der Waals surface area contributed by atoms with Crippen molar-refractivity contribution in [3.63, 3.8) is 0 Å². The summed E-state index contributed by atoms with van der Waals surface area (Å²) in [6, 6.07) is 4.39. The Morgan fingerprint density at radius 3 is 2.74 bits per heavy atom. The third kappa shape index (κ3) is 4.84. The lowest BCUT2D eigenvalue weighted by Gasteiger charge is -2.14. The fourth-order valence-corrected chi connectivity index (χ4v) is 1.98. The van der Waals surface area contributed by atoms with Crippen LogP contribution in [-0.2, 0) is 4.79 Å². The van der Waals surface area contributed by atoms with Crippen LogP contribution in [0, 0.1) is 0 Å². The Hall–Kier alpha value is -1.07. The highest BCUT2D eigenvalue weighted by atomic mass is 79.9. The predicted molar refractivity (Wildman–Crippen MR) is 79.4 cm³/mol. The van der Waals surface area contributed by atoms with Crippen LogP contribution in [0.1, 0.15) is 30.6 Å². The van der Waals surface area contributed by atoms with Crippen molar-refractivity contribution in [2.75, 3.05) is 6.54 Å². The normalized spacial score (nSPS) is 11.8. The molecule has 104 valence electrons. The first-order valence-electron chi connectivity index (χ1n) is 5.99. The lowest BCUT2D eigenvalue weighted by atomic mass is 10.2. The average Bonchev–Trinajstić information content (AvgIpc) is 2.38. The number of carbonyl (C=O) groups is 2. The van der Waals surface area contributed by atoms with Gasteiger partial charge in [0.1, 0.15) is 6.04 Å². The number of halogens is 2. The molecule has 0 saturated heterocycles. The molecule has 0 radical (unpaired) electrons. The number of rotatable bonds is 5. The zero-order chi connectivity index (χ0) is 14.4. The number of hydrogen-bond donors (Lipinski definition) is 2. The third-order valence-corrected chi connectivity index (χ3v) is 3.29. The van der Waals surface area contributed by atoms with Gasteiger partial charge in [0.15, 0.2) is 0 Å². The fraction of sp³-hybridized carbons (Fsp3) is 0.385. The minimum Gasteiger partial charge on any atom is -0.354 e. The van der Waals surface area contributed by atoms with Crippen molar-refractivity contribution in [3.8, 4) is 0 Å². The molecule has 6 heteroatoms. The van der Waals surface area contributed by atoms with E-state index < -0.39 is 6.04 Å². The average molecular weight is 348 g/mol. The van der Waals surface area contributed by atoms with Gasteiger partial charge in [0.2, 0.25) is 5.91 Å². The van der Waals surface area contributed by atoms with E-state index in [9.17, 15) is 9.59 Å².